The maximum Gasteiger partial charge on any atom is 0.123 e. The van der Waals surface area contributed by atoms with Crippen molar-refractivity contribution < 1.29 is 4.74 Å². The highest BCUT2D eigenvalue weighted by molar-refractivity contribution is 9.10. The summed E-state index contributed by atoms with van der Waals surface area (Å²) in [6, 6.07) is 8.03. The summed E-state index contributed by atoms with van der Waals surface area (Å²) in [7, 11) is 0. The van der Waals surface area contributed by atoms with Crippen LogP contribution in [-0.4, -0.2) is 11.1 Å². The predicted octanol–water partition coefficient (Wildman–Crippen LogP) is 3.22. The molecule has 0 fully saturated rings. The number of benzene rings is 1. The van der Waals surface area contributed by atoms with Crippen molar-refractivity contribution in [2.24, 2.45) is 5.73 Å². The molecule has 2 atom stereocenters. The summed E-state index contributed by atoms with van der Waals surface area (Å²) >= 11 is 3.42. The van der Waals surface area contributed by atoms with Crippen LogP contribution in [0.5, 0.6) is 5.75 Å². The molecular weight excluding hydrogens is 304 g/mol. The van der Waals surface area contributed by atoms with Gasteiger partial charge in [-0.15, -0.1) is 0 Å². The Bertz CT molecular complexity index is 615. The van der Waals surface area contributed by atoms with Crippen LogP contribution in [0.2, 0.25) is 0 Å². The molecule has 3 rings (SSSR count). The fourth-order valence-corrected chi connectivity index (χ4v) is 2.81. The van der Waals surface area contributed by atoms with Gasteiger partial charge < -0.3 is 10.5 Å². The molecule has 1 aliphatic heterocycles. The van der Waals surface area contributed by atoms with Crippen LogP contribution >= 0.6 is 15.9 Å². The van der Waals surface area contributed by atoms with E-state index < -0.39 is 0 Å². The first-order valence-corrected chi connectivity index (χ1v) is 7.08. The molecule has 1 aliphatic rings. The van der Waals surface area contributed by atoms with Gasteiger partial charge in [0.1, 0.15) is 11.9 Å². The van der Waals surface area contributed by atoms with Crippen LogP contribution < -0.4 is 10.5 Å². The number of hydrogen-bond acceptors (Lipinski definition) is 3. The Morgan fingerprint density at radius 1 is 1.32 bits per heavy atom. The van der Waals surface area contributed by atoms with Crippen molar-refractivity contribution in [2.45, 2.75) is 25.5 Å². The molecule has 4 heteroatoms. The molecule has 0 saturated carbocycles. The summed E-state index contributed by atoms with van der Waals surface area (Å²) in [5.41, 5.74) is 9.65. The molecule has 0 bridgehead atoms. The second-order valence-corrected chi connectivity index (χ2v) is 5.83. The Balaban J connectivity index is 1.93. The monoisotopic (exact) mass is 318 g/mol. The third-order valence-electron chi connectivity index (χ3n) is 3.36. The van der Waals surface area contributed by atoms with E-state index in [0.717, 1.165) is 27.8 Å². The highest BCUT2D eigenvalue weighted by Gasteiger charge is 2.20. The van der Waals surface area contributed by atoms with Gasteiger partial charge in [0.2, 0.25) is 0 Å². The Labute approximate surface area is 120 Å². The molecule has 19 heavy (non-hydrogen) atoms. The van der Waals surface area contributed by atoms with Gasteiger partial charge in [0.25, 0.3) is 0 Å². The van der Waals surface area contributed by atoms with E-state index in [2.05, 4.69) is 33.9 Å². The maximum atomic E-state index is 6.31. The molecule has 0 radical (unpaired) electrons. The number of ether oxygens (including phenoxy) is 1. The molecule has 0 spiro atoms. The Kier molecular flexibility index (Phi) is 3.29. The van der Waals surface area contributed by atoms with Gasteiger partial charge >= 0.3 is 0 Å². The normalized spacial score (nSPS) is 18.8. The standard InChI is InChI=1S/C15H15BrN2O/c1-9-4-11-5-10(2-3-14(11)19-9)15(17)12-6-13(16)8-18-7-12/h2-3,5-9,15H,4,17H2,1H3. The van der Waals surface area contributed by atoms with Crippen LogP contribution in [0, 0.1) is 0 Å². The summed E-state index contributed by atoms with van der Waals surface area (Å²) < 4.78 is 6.65. The zero-order valence-electron chi connectivity index (χ0n) is 10.6. The van der Waals surface area contributed by atoms with Crippen molar-refractivity contribution in [1.29, 1.82) is 0 Å². The van der Waals surface area contributed by atoms with E-state index in [1.54, 1.807) is 6.20 Å². The molecule has 2 heterocycles. The van der Waals surface area contributed by atoms with E-state index >= 15 is 0 Å². The van der Waals surface area contributed by atoms with E-state index in [1.165, 1.54) is 5.56 Å². The number of nitrogens with zero attached hydrogens (tertiary/aromatic N) is 1. The number of aromatic nitrogens is 1. The van der Waals surface area contributed by atoms with Crippen molar-refractivity contribution in [1.82, 2.24) is 4.98 Å². The minimum atomic E-state index is -0.161. The zero-order chi connectivity index (χ0) is 13.4. The van der Waals surface area contributed by atoms with Gasteiger partial charge in [-0.05, 0) is 51.7 Å². The second kappa shape index (κ2) is 4.94. The summed E-state index contributed by atoms with van der Waals surface area (Å²) in [6.45, 7) is 2.08. The zero-order valence-corrected chi connectivity index (χ0v) is 12.2. The quantitative estimate of drug-likeness (QED) is 0.924. The third kappa shape index (κ3) is 2.51. The molecule has 1 aromatic heterocycles. The second-order valence-electron chi connectivity index (χ2n) is 4.91. The lowest BCUT2D eigenvalue weighted by Gasteiger charge is -2.13. The minimum absolute atomic E-state index is 0.161. The summed E-state index contributed by atoms with van der Waals surface area (Å²) in [5, 5.41) is 0. The fraction of sp³-hybridized carbons (Fsp3) is 0.267. The molecule has 2 aromatic rings. The highest BCUT2D eigenvalue weighted by Crippen LogP contribution is 2.32. The van der Waals surface area contributed by atoms with E-state index in [4.69, 9.17) is 10.5 Å². The number of hydrogen-bond donors (Lipinski definition) is 1. The van der Waals surface area contributed by atoms with Crippen LogP contribution in [0.4, 0.5) is 0 Å². The van der Waals surface area contributed by atoms with Crippen molar-refractivity contribution in [3.05, 3.63) is 57.8 Å². The minimum Gasteiger partial charge on any atom is -0.490 e. The van der Waals surface area contributed by atoms with Crippen LogP contribution in [0.15, 0.2) is 41.1 Å². The lowest BCUT2D eigenvalue weighted by atomic mass is 9.98. The van der Waals surface area contributed by atoms with Crippen LogP contribution in [0.1, 0.15) is 29.7 Å². The van der Waals surface area contributed by atoms with Gasteiger partial charge in [-0.25, -0.2) is 0 Å². The largest absolute Gasteiger partial charge is 0.490 e. The molecule has 2 N–H and O–H groups in total. The van der Waals surface area contributed by atoms with Crippen molar-refractivity contribution >= 4 is 15.9 Å². The van der Waals surface area contributed by atoms with Crippen LogP contribution in [0.3, 0.4) is 0 Å². The molecule has 3 nitrogen and oxygen atoms in total. The van der Waals surface area contributed by atoms with Gasteiger partial charge in [0, 0.05) is 23.3 Å². The fourth-order valence-electron chi connectivity index (χ4n) is 2.43. The van der Waals surface area contributed by atoms with Gasteiger partial charge in [0.15, 0.2) is 0 Å². The first-order valence-electron chi connectivity index (χ1n) is 6.29. The number of nitrogens with two attached hydrogens (primary N) is 1. The van der Waals surface area contributed by atoms with Gasteiger partial charge in [-0.3, -0.25) is 4.98 Å². The number of halogens is 1. The van der Waals surface area contributed by atoms with Crippen LogP contribution in [-0.2, 0) is 6.42 Å². The molecule has 1 aromatic carbocycles. The maximum absolute atomic E-state index is 6.31. The SMILES string of the molecule is CC1Cc2cc(C(N)c3cncc(Br)c3)ccc2O1. The molecule has 0 aliphatic carbocycles. The number of rotatable bonds is 2. The topological polar surface area (TPSA) is 48.1 Å². The van der Waals surface area contributed by atoms with E-state index in [9.17, 15) is 0 Å². The Morgan fingerprint density at radius 2 is 2.16 bits per heavy atom. The van der Waals surface area contributed by atoms with Crippen LogP contribution in [0.25, 0.3) is 0 Å². The third-order valence-corrected chi connectivity index (χ3v) is 3.80. The Hall–Kier alpha value is -1.39. The first-order chi connectivity index (χ1) is 9.13. The molecule has 98 valence electrons. The molecule has 2 unspecified atom stereocenters. The predicted molar refractivity (Wildman–Crippen MR) is 78.2 cm³/mol. The summed E-state index contributed by atoms with van der Waals surface area (Å²) in [4.78, 5) is 4.16. The highest BCUT2D eigenvalue weighted by atomic mass is 79.9. The van der Waals surface area contributed by atoms with Crippen molar-refractivity contribution in [2.75, 3.05) is 0 Å². The Morgan fingerprint density at radius 3 is 2.95 bits per heavy atom. The molecule has 0 amide bonds. The lowest BCUT2D eigenvalue weighted by molar-refractivity contribution is 0.254. The van der Waals surface area contributed by atoms with Gasteiger partial charge in [-0.1, -0.05) is 12.1 Å². The smallest absolute Gasteiger partial charge is 0.123 e. The number of fused-ring (bicyclic) bond motifs is 1. The summed E-state index contributed by atoms with van der Waals surface area (Å²) in [6.07, 6.45) is 4.78. The average Bonchev–Trinajstić information content (AvgIpc) is 2.76. The first kappa shape index (κ1) is 12.6. The van der Waals surface area contributed by atoms with Crippen molar-refractivity contribution in [3.8, 4) is 5.75 Å². The molecule has 0 saturated heterocycles. The van der Waals surface area contributed by atoms with E-state index in [0.29, 0.717) is 0 Å². The van der Waals surface area contributed by atoms with Gasteiger partial charge in [-0.2, -0.15) is 0 Å². The summed E-state index contributed by atoms with van der Waals surface area (Å²) in [5.74, 6) is 0.982. The van der Waals surface area contributed by atoms with E-state index in [1.807, 2.05) is 24.4 Å². The van der Waals surface area contributed by atoms with Gasteiger partial charge in [0.05, 0.1) is 6.04 Å². The average molecular weight is 319 g/mol. The lowest BCUT2D eigenvalue weighted by Crippen LogP contribution is -2.12. The number of pyridine rings is 1. The van der Waals surface area contributed by atoms with Crippen molar-refractivity contribution in [3.63, 3.8) is 0 Å². The molecular formula is C15H15BrN2O. The van der Waals surface area contributed by atoms with E-state index in [-0.39, 0.29) is 12.1 Å².